The molecule has 0 aliphatic rings. The van der Waals surface area contributed by atoms with Gasteiger partial charge in [0, 0.05) is 42.7 Å². The third kappa shape index (κ3) is 3.42. The topological polar surface area (TPSA) is 60.2 Å². The molecule has 0 atom stereocenters. The summed E-state index contributed by atoms with van der Waals surface area (Å²) in [5.74, 6) is 0.884. The molecule has 130 valence electrons. The van der Waals surface area contributed by atoms with E-state index < -0.39 is 0 Å². The highest BCUT2D eigenvalue weighted by Gasteiger charge is 2.18. The molecule has 0 saturated heterocycles. The minimum absolute atomic E-state index is 0.0509. The number of aromatic nitrogens is 3. The predicted molar refractivity (Wildman–Crippen MR) is 93.1 cm³/mol. The SMILES string of the molecule is COc1c(C)cnc(CN(C)C(=O)Cc2c(C)nn(C)c2C)c1C. The molecule has 0 fully saturated rings. The summed E-state index contributed by atoms with van der Waals surface area (Å²) in [5, 5.41) is 4.37. The second-order valence-corrected chi connectivity index (χ2v) is 6.25. The van der Waals surface area contributed by atoms with Crippen LogP contribution < -0.4 is 4.74 Å². The van der Waals surface area contributed by atoms with E-state index in [1.54, 1.807) is 25.3 Å². The van der Waals surface area contributed by atoms with Crippen molar-refractivity contribution in [2.24, 2.45) is 7.05 Å². The van der Waals surface area contributed by atoms with Crippen LogP contribution in [0.1, 0.15) is 33.8 Å². The maximum Gasteiger partial charge on any atom is 0.227 e. The van der Waals surface area contributed by atoms with Gasteiger partial charge in [-0.3, -0.25) is 14.5 Å². The average Bonchev–Trinajstić information content (AvgIpc) is 2.76. The summed E-state index contributed by atoms with van der Waals surface area (Å²) in [6.45, 7) is 8.32. The Labute approximate surface area is 143 Å². The zero-order valence-electron chi connectivity index (χ0n) is 15.6. The highest BCUT2D eigenvalue weighted by molar-refractivity contribution is 5.79. The Kier molecular flexibility index (Phi) is 5.26. The molecule has 2 heterocycles. The lowest BCUT2D eigenvalue weighted by molar-refractivity contribution is -0.129. The van der Waals surface area contributed by atoms with E-state index in [0.29, 0.717) is 13.0 Å². The summed E-state index contributed by atoms with van der Waals surface area (Å²) in [6, 6.07) is 0. The van der Waals surface area contributed by atoms with Gasteiger partial charge in [-0.1, -0.05) is 0 Å². The zero-order chi connectivity index (χ0) is 18.0. The van der Waals surface area contributed by atoms with Crippen LogP contribution in [-0.4, -0.2) is 39.7 Å². The molecule has 2 aromatic rings. The molecule has 6 nitrogen and oxygen atoms in total. The summed E-state index contributed by atoms with van der Waals surface area (Å²) in [6.07, 6.45) is 2.14. The summed E-state index contributed by atoms with van der Waals surface area (Å²) < 4.78 is 7.25. The fraction of sp³-hybridized carbons (Fsp3) is 0.500. The fourth-order valence-electron chi connectivity index (χ4n) is 2.90. The number of aryl methyl sites for hydroxylation is 3. The van der Waals surface area contributed by atoms with Gasteiger partial charge in [0.05, 0.1) is 31.5 Å². The molecular formula is C18H26N4O2. The van der Waals surface area contributed by atoms with E-state index in [-0.39, 0.29) is 5.91 Å². The van der Waals surface area contributed by atoms with Gasteiger partial charge >= 0.3 is 0 Å². The number of carbonyl (C=O) groups excluding carboxylic acids is 1. The molecule has 2 aromatic heterocycles. The fourth-order valence-corrected chi connectivity index (χ4v) is 2.90. The lowest BCUT2D eigenvalue weighted by Gasteiger charge is -2.19. The van der Waals surface area contributed by atoms with Crippen LogP contribution >= 0.6 is 0 Å². The summed E-state index contributed by atoms with van der Waals surface area (Å²) >= 11 is 0. The number of hydrogen-bond acceptors (Lipinski definition) is 4. The summed E-state index contributed by atoms with van der Waals surface area (Å²) in [4.78, 5) is 18.8. The standard InChI is InChI=1S/C18H26N4O2/c1-11-9-19-16(12(2)18(11)24-7)10-21(5)17(23)8-15-13(3)20-22(6)14(15)4/h9H,8,10H2,1-7H3. The third-order valence-corrected chi connectivity index (χ3v) is 4.55. The Morgan fingerprint density at radius 3 is 2.50 bits per heavy atom. The highest BCUT2D eigenvalue weighted by Crippen LogP contribution is 2.24. The number of ether oxygens (including phenoxy) is 1. The largest absolute Gasteiger partial charge is 0.496 e. The maximum absolute atomic E-state index is 12.6. The van der Waals surface area contributed by atoms with Crippen LogP contribution in [-0.2, 0) is 24.8 Å². The molecule has 0 saturated carbocycles. The Morgan fingerprint density at radius 1 is 1.29 bits per heavy atom. The molecule has 24 heavy (non-hydrogen) atoms. The van der Waals surface area contributed by atoms with Crippen molar-refractivity contribution in [2.75, 3.05) is 14.2 Å². The van der Waals surface area contributed by atoms with E-state index in [0.717, 1.165) is 39.5 Å². The second kappa shape index (κ2) is 7.03. The molecule has 0 bridgehead atoms. The number of hydrogen-bond donors (Lipinski definition) is 0. The van der Waals surface area contributed by atoms with Gasteiger partial charge in [-0.15, -0.1) is 0 Å². The van der Waals surface area contributed by atoms with E-state index >= 15 is 0 Å². The Morgan fingerprint density at radius 2 is 1.96 bits per heavy atom. The van der Waals surface area contributed by atoms with Crippen molar-refractivity contribution < 1.29 is 9.53 Å². The van der Waals surface area contributed by atoms with Gasteiger partial charge in [0.2, 0.25) is 5.91 Å². The minimum Gasteiger partial charge on any atom is -0.496 e. The summed E-state index contributed by atoms with van der Waals surface area (Å²) in [5.41, 5.74) is 5.76. The Hall–Kier alpha value is -2.37. The summed E-state index contributed by atoms with van der Waals surface area (Å²) in [7, 11) is 5.35. The van der Waals surface area contributed by atoms with Gasteiger partial charge in [-0.25, -0.2) is 0 Å². The molecule has 0 N–H and O–H groups in total. The molecule has 0 unspecified atom stereocenters. The lowest BCUT2D eigenvalue weighted by atomic mass is 10.1. The highest BCUT2D eigenvalue weighted by atomic mass is 16.5. The number of pyridine rings is 1. The normalized spacial score (nSPS) is 10.8. The third-order valence-electron chi connectivity index (χ3n) is 4.55. The zero-order valence-corrected chi connectivity index (χ0v) is 15.6. The van der Waals surface area contributed by atoms with E-state index in [9.17, 15) is 4.79 Å². The first-order valence-electron chi connectivity index (χ1n) is 7.98. The van der Waals surface area contributed by atoms with Crippen molar-refractivity contribution in [2.45, 2.75) is 40.7 Å². The first-order valence-corrected chi connectivity index (χ1v) is 7.98. The molecular weight excluding hydrogens is 304 g/mol. The van der Waals surface area contributed by atoms with Crippen molar-refractivity contribution in [3.8, 4) is 5.75 Å². The van der Waals surface area contributed by atoms with Gasteiger partial charge in [0.25, 0.3) is 0 Å². The first-order chi connectivity index (χ1) is 11.3. The van der Waals surface area contributed by atoms with Crippen LogP contribution in [0.2, 0.25) is 0 Å². The van der Waals surface area contributed by atoms with Gasteiger partial charge in [0.15, 0.2) is 0 Å². The van der Waals surface area contributed by atoms with Crippen molar-refractivity contribution in [3.05, 3.63) is 40.0 Å². The smallest absolute Gasteiger partial charge is 0.227 e. The van der Waals surface area contributed by atoms with Crippen molar-refractivity contribution in [1.82, 2.24) is 19.7 Å². The van der Waals surface area contributed by atoms with E-state index in [1.165, 1.54) is 0 Å². The molecule has 1 amide bonds. The van der Waals surface area contributed by atoms with E-state index in [2.05, 4.69) is 10.1 Å². The molecule has 0 spiro atoms. The quantitative estimate of drug-likeness (QED) is 0.844. The number of carbonyl (C=O) groups is 1. The molecule has 6 heteroatoms. The van der Waals surface area contributed by atoms with Gasteiger partial charge in [-0.05, 0) is 27.7 Å². The van der Waals surface area contributed by atoms with Crippen molar-refractivity contribution >= 4 is 5.91 Å². The number of likely N-dealkylation sites (N-methyl/N-ethyl adjacent to an activating group) is 1. The lowest BCUT2D eigenvalue weighted by Crippen LogP contribution is -2.29. The van der Waals surface area contributed by atoms with Crippen LogP contribution in [0.25, 0.3) is 0 Å². The van der Waals surface area contributed by atoms with E-state index in [4.69, 9.17) is 4.74 Å². The van der Waals surface area contributed by atoms with Crippen LogP contribution in [0.15, 0.2) is 6.20 Å². The number of amides is 1. The molecule has 0 aromatic carbocycles. The monoisotopic (exact) mass is 330 g/mol. The molecule has 2 rings (SSSR count). The van der Waals surface area contributed by atoms with Crippen LogP contribution in [0.5, 0.6) is 5.75 Å². The number of methoxy groups -OCH3 is 1. The van der Waals surface area contributed by atoms with Gasteiger partial charge < -0.3 is 9.64 Å². The minimum atomic E-state index is 0.0509. The average molecular weight is 330 g/mol. The van der Waals surface area contributed by atoms with Gasteiger partial charge in [0.1, 0.15) is 5.75 Å². The number of rotatable bonds is 5. The number of nitrogens with zero attached hydrogens (tertiary/aromatic N) is 4. The van der Waals surface area contributed by atoms with Crippen LogP contribution in [0, 0.1) is 27.7 Å². The van der Waals surface area contributed by atoms with Crippen LogP contribution in [0.4, 0.5) is 0 Å². The maximum atomic E-state index is 12.6. The second-order valence-electron chi connectivity index (χ2n) is 6.25. The first kappa shape index (κ1) is 18.0. The van der Waals surface area contributed by atoms with Crippen molar-refractivity contribution in [1.29, 1.82) is 0 Å². The van der Waals surface area contributed by atoms with Gasteiger partial charge in [-0.2, -0.15) is 5.10 Å². The van der Waals surface area contributed by atoms with Crippen LogP contribution in [0.3, 0.4) is 0 Å². The molecule has 0 aliphatic carbocycles. The molecule has 0 aliphatic heterocycles. The molecule has 0 radical (unpaired) electrons. The Bertz CT molecular complexity index is 765. The van der Waals surface area contributed by atoms with Crippen molar-refractivity contribution in [3.63, 3.8) is 0 Å². The van der Waals surface area contributed by atoms with E-state index in [1.807, 2.05) is 39.4 Å². The Balaban J connectivity index is 2.15. The predicted octanol–water partition coefficient (Wildman–Crippen LogP) is 2.26.